The number of piperidine rings is 1. The lowest BCUT2D eigenvalue weighted by molar-refractivity contribution is -0.274. The molecule has 0 amide bonds. The van der Waals surface area contributed by atoms with Gasteiger partial charge in [-0.3, -0.25) is 0 Å². The van der Waals surface area contributed by atoms with Gasteiger partial charge in [0.25, 0.3) is 0 Å². The van der Waals surface area contributed by atoms with E-state index in [0.717, 1.165) is 25.1 Å². The van der Waals surface area contributed by atoms with Gasteiger partial charge in [0.2, 0.25) is 0 Å². The van der Waals surface area contributed by atoms with Crippen molar-refractivity contribution >= 4 is 0 Å². The summed E-state index contributed by atoms with van der Waals surface area (Å²) >= 11 is 0. The van der Waals surface area contributed by atoms with E-state index in [-0.39, 0.29) is 17.8 Å². The van der Waals surface area contributed by atoms with Gasteiger partial charge < -0.3 is 14.8 Å². The van der Waals surface area contributed by atoms with Crippen LogP contribution in [-0.2, 0) is 11.3 Å². The van der Waals surface area contributed by atoms with Crippen molar-refractivity contribution < 1.29 is 22.6 Å². The predicted molar refractivity (Wildman–Crippen MR) is 114 cm³/mol. The number of hydrogen-bond donors (Lipinski definition) is 1. The van der Waals surface area contributed by atoms with Gasteiger partial charge in [-0.2, -0.15) is 0 Å². The van der Waals surface area contributed by atoms with Gasteiger partial charge in [0.1, 0.15) is 5.75 Å². The Kier molecular flexibility index (Phi) is 6.59. The molecule has 0 bridgehead atoms. The Morgan fingerprint density at radius 3 is 2.35 bits per heavy atom. The first kappa shape index (κ1) is 21.4. The molecule has 4 rings (SSSR count). The van der Waals surface area contributed by atoms with Crippen molar-refractivity contribution in [2.45, 2.75) is 31.4 Å². The maximum Gasteiger partial charge on any atom is 0.573 e. The second-order valence-electron chi connectivity index (χ2n) is 7.63. The molecule has 1 aliphatic heterocycles. The van der Waals surface area contributed by atoms with Crippen LogP contribution in [0.5, 0.6) is 5.75 Å². The third kappa shape index (κ3) is 5.87. The summed E-state index contributed by atoms with van der Waals surface area (Å²) in [5, 5.41) is 3.38. The number of halogens is 3. The molecule has 0 aromatic heterocycles. The molecular weight excluding hydrogens is 403 g/mol. The van der Waals surface area contributed by atoms with Crippen LogP contribution in [0.2, 0.25) is 0 Å². The molecule has 0 spiro atoms. The Labute approximate surface area is 179 Å². The Morgan fingerprint density at radius 2 is 1.61 bits per heavy atom. The molecule has 1 saturated heterocycles. The molecule has 3 aromatic rings. The summed E-state index contributed by atoms with van der Waals surface area (Å²) in [5.74, 6) is 0.0175. The molecule has 6 heteroatoms. The lowest BCUT2D eigenvalue weighted by Gasteiger charge is -2.33. The first-order valence-corrected chi connectivity index (χ1v) is 10.3. The van der Waals surface area contributed by atoms with Crippen molar-refractivity contribution in [2.75, 3.05) is 13.1 Å². The fraction of sp³-hybridized carbons (Fsp3) is 0.280. The van der Waals surface area contributed by atoms with Crippen LogP contribution in [0.1, 0.15) is 23.5 Å². The zero-order chi connectivity index (χ0) is 21.7. The van der Waals surface area contributed by atoms with Gasteiger partial charge in [0, 0.05) is 12.5 Å². The average molecular weight is 427 g/mol. The van der Waals surface area contributed by atoms with Crippen LogP contribution in [0.25, 0.3) is 11.1 Å². The van der Waals surface area contributed by atoms with Crippen molar-refractivity contribution in [2.24, 2.45) is 0 Å². The van der Waals surface area contributed by atoms with Crippen molar-refractivity contribution in [3.05, 3.63) is 90.0 Å². The minimum Gasteiger partial charge on any atom is -0.406 e. The number of ether oxygens (including phenoxy) is 2. The lowest BCUT2D eigenvalue weighted by Crippen LogP contribution is -2.41. The average Bonchev–Trinajstić information content (AvgIpc) is 2.78. The molecule has 2 atom stereocenters. The Hall–Kier alpha value is -2.83. The molecule has 0 saturated carbocycles. The molecule has 1 fully saturated rings. The monoisotopic (exact) mass is 427 g/mol. The van der Waals surface area contributed by atoms with E-state index >= 15 is 0 Å². The summed E-state index contributed by atoms with van der Waals surface area (Å²) in [6.07, 6.45) is -3.75. The van der Waals surface area contributed by atoms with Gasteiger partial charge in [-0.15, -0.1) is 13.2 Å². The summed E-state index contributed by atoms with van der Waals surface area (Å²) in [6.45, 7) is 1.98. The van der Waals surface area contributed by atoms with Crippen molar-refractivity contribution in [1.29, 1.82) is 0 Å². The van der Waals surface area contributed by atoms with Gasteiger partial charge >= 0.3 is 6.36 Å². The Balaban J connectivity index is 1.44. The number of alkyl halides is 3. The van der Waals surface area contributed by atoms with E-state index in [9.17, 15) is 13.2 Å². The molecular formula is C25H24F3NO2. The van der Waals surface area contributed by atoms with E-state index in [1.807, 2.05) is 18.2 Å². The quantitative estimate of drug-likeness (QED) is 0.530. The van der Waals surface area contributed by atoms with Crippen LogP contribution >= 0.6 is 0 Å². The molecule has 2 unspecified atom stereocenters. The molecule has 0 aliphatic carbocycles. The van der Waals surface area contributed by atoms with E-state index in [0.29, 0.717) is 6.61 Å². The van der Waals surface area contributed by atoms with Crippen LogP contribution in [-0.4, -0.2) is 25.6 Å². The highest BCUT2D eigenvalue weighted by molar-refractivity contribution is 5.64. The van der Waals surface area contributed by atoms with E-state index < -0.39 is 6.36 Å². The molecule has 3 aromatic carbocycles. The highest BCUT2D eigenvalue weighted by Crippen LogP contribution is 2.31. The third-order valence-electron chi connectivity index (χ3n) is 5.47. The number of rotatable bonds is 6. The van der Waals surface area contributed by atoms with Crippen molar-refractivity contribution in [3.63, 3.8) is 0 Å². The van der Waals surface area contributed by atoms with E-state index in [1.54, 1.807) is 12.1 Å². The van der Waals surface area contributed by atoms with Gasteiger partial charge in [0.15, 0.2) is 0 Å². The first-order valence-electron chi connectivity index (χ1n) is 10.3. The molecule has 1 heterocycles. The fourth-order valence-corrected chi connectivity index (χ4v) is 3.96. The number of hydrogen-bond acceptors (Lipinski definition) is 3. The zero-order valence-corrected chi connectivity index (χ0v) is 16.9. The lowest BCUT2D eigenvalue weighted by atomic mass is 9.86. The minimum absolute atomic E-state index is 0.0223. The van der Waals surface area contributed by atoms with Gasteiger partial charge in [-0.1, -0.05) is 66.7 Å². The third-order valence-corrected chi connectivity index (χ3v) is 5.47. The van der Waals surface area contributed by atoms with Crippen LogP contribution in [0, 0.1) is 0 Å². The molecule has 1 N–H and O–H groups in total. The maximum atomic E-state index is 12.3. The van der Waals surface area contributed by atoms with Gasteiger partial charge in [-0.25, -0.2) is 0 Å². The fourth-order valence-electron chi connectivity index (χ4n) is 3.96. The standard InChI is InChI=1S/C25H24F3NO2/c26-25(27,28)31-22-11-9-18(10-12-22)17-30-24-16-29-14-13-23(24)21-8-4-7-20(15-21)19-5-2-1-3-6-19/h1-12,15,23-24,29H,13-14,16-17H2. The maximum absolute atomic E-state index is 12.3. The summed E-state index contributed by atoms with van der Waals surface area (Å²) in [4.78, 5) is 0. The summed E-state index contributed by atoms with van der Waals surface area (Å²) in [7, 11) is 0. The number of nitrogens with one attached hydrogen (secondary N) is 1. The van der Waals surface area contributed by atoms with Crippen LogP contribution < -0.4 is 10.1 Å². The molecule has 162 valence electrons. The highest BCUT2D eigenvalue weighted by atomic mass is 19.4. The van der Waals surface area contributed by atoms with Crippen LogP contribution in [0.3, 0.4) is 0 Å². The normalized spacial score (nSPS) is 19.2. The SMILES string of the molecule is FC(F)(F)Oc1ccc(COC2CNCCC2c2cccc(-c3ccccc3)c2)cc1. The van der Waals surface area contributed by atoms with Crippen molar-refractivity contribution in [3.8, 4) is 16.9 Å². The largest absolute Gasteiger partial charge is 0.573 e. The van der Waals surface area contributed by atoms with Crippen LogP contribution in [0.4, 0.5) is 13.2 Å². The second kappa shape index (κ2) is 9.54. The van der Waals surface area contributed by atoms with Gasteiger partial charge in [0.05, 0.1) is 12.7 Å². The molecule has 31 heavy (non-hydrogen) atoms. The number of benzene rings is 3. The Morgan fingerprint density at radius 1 is 0.871 bits per heavy atom. The van der Waals surface area contributed by atoms with E-state index in [4.69, 9.17) is 4.74 Å². The first-order chi connectivity index (χ1) is 15.0. The summed E-state index contributed by atoms with van der Waals surface area (Å²) in [6, 6.07) is 24.6. The molecule has 3 nitrogen and oxygen atoms in total. The Bertz CT molecular complexity index is 974. The summed E-state index contributed by atoms with van der Waals surface area (Å²) in [5.41, 5.74) is 4.39. The summed E-state index contributed by atoms with van der Waals surface area (Å²) < 4.78 is 47.1. The van der Waals surface area contributed by atoms with Crippen LogP contribution in [0.15, 0.2) is 78.9 Å². The smallest absolute Gasteiger partial charge is 0.406 e. The topological polar surface area (TPSA) is 30.5 Å². The molecule has 1 aliphatic rings. The van der Waals surface area contributed by atoms with E-state index in [2.05, 4.69) is 46.5 Å². The second-order valence-corrected chi connectivity index (χ2v) is 7.63. The van der Waals surface area contributed by atoms with Crippen molar-refractivity contribution in [1.82, 2.24) is 5.32 Å². The minimum atomic E-state index is -4.69. The zero-order valence-electron chi connectivity index (χ0n) is 16.9. The predicted octanol–water partition coefficient (Wildman–Crippen LogP) is 5.91. The van der Waals surface area contributed by atoms with Gasteiger partial charge in [-0.05, 0) is 47.4 Å². The van der Waals surface area contributed by atoms with E-state index in [1.165, 1.54) is 28.8 Å². The highest BCUT2D eigenvalue weighted by Gasteiger charge is 2.31. The molecule has 0 radical (unpaired) electrons.